The van der Waals surface area contributed by atoms with Crippen molar-refractivity contribution in [3.8, 4) is 17.1 Å². The first kappa shape index (κ1) is 20.4. The Bertz CT molecular complexity index is 1050. The molecule has 4 rings (SSSR count). The van der Waals surface area contributed by atoms with Crippen LogP contribution in [0.2, 0.25) is 0 Å². The quantitative estimate of drug-likeness (QED) is 0.634. The molecule has 30 heavy (non-hydrogen) atoms. The maximum absolute atomic E-state index is 6.08. The SMILES string of the molecule is COc1cc(C)c(CN2CCO[C@H](c3ncncc3-c3noc(C)n3)C2)c(C)c1C. The third-order valence-electron chi connectivity index (χ3n) is 5.78. The van der Waals surface area contributed by atoms with Gasteiger partial charge in [0.25, 0.3) is 0 Å². The molecule has 1 fully saturated rings. The van der Waals surface area contributed by atoms with Crippen LogP contribution in [0.25, 0.3) is 11.4 Å². The van der Waals surface area contributed by atoms with Crippen LogP contribution in [0.15, 0.2) is 23.1 Å². The average molecular weight is 409 g/mol. The first-order valence-corrected chi connectivity index (χ1v) is 10.1. The number of morpholine rings is 1. The highest BCUT2D eigenvalue weighted by Crippen LogP contribution is 2.31. The van der Waals surface area contributed by atoms with Crippen molar-refractivity contribution in [3.05, 3.63) is 52.4 Å². The molecular weight excluding hydrogens is 382 g/mol. The van der Waals surface area contributed by atoms with Crippen LogP contribution < -0.4 is 4.74 Å². The number of rotatable bonds is 5. The lowest BCUT2D eigenvalue weighted by molar-refractivity contribution is -0.0348. The molecule has 0 saturated carbocycles. The maximum atomic E-state index is 6.08. The van der Waals surface area contributed by atoms with Crippen LogP contribution in [-0.2, 0) is 11.3 Å². The van der Waals surface area contributed by atoms with Crippen molar-refractivity contribution in [1.82, 2.24) is 25.0 Å². The smallest absolute Gasteiger partial charge is 0.223 e. The Morgan fingerprint density at radius 3 is 2.77 bits per heavy atom. The van der Waals surface area contributed by atoms with Crippen molar-refractivity contribution in [2.24, 2.45) is 0 Å². The topological polar surface area (TPSA) is 86.4 Å². The van der Waals surface area contributed by atoms with Gasteiger partial charge < -0.3 is 14.0 Å². The number of nitrogens with zero attached hydrogens (tertiary/aromatic N) is 5. The van der Waals surface area contributed by atoms with Gasteiger partial charge in [-0.25, -0.2) is 9.97 Å². The third kappa shape index (κ3) is 3.93. The highest BCUT2D eigenvalue weighted by Gasteiger charge is 2.28. The van der Waals surface area contributed by atoms with E-state index in [0.717, 1.165) is 36.6 Å². The van der Waals surface area contributed by atoms with Gasteiger partial charge in [0.1, 0.15) is 18.2 Å². The Kier molecular flexibility index (Phi) is 5.78. The minimum absolute atomic E-state index is 0.185. The zero-order valence-corrected chi connectivity index (χ0v) is 18.1. The molecule has 0 aliphatic carbocycles. The van der Waals surface area contributed by atoms with Gasteiger partial charge in [-0.3, -0.25) is 4.90 Å². The Labute approximate surface area is 176 Å². The van der Waals surface area contributed by atoms with Crippen molar-refractivity contribution in [3.63, 3.8) is 0 Å². The van der Waals surface area contributed by atoms with Gasteiger partial charge >= 0.3 is 0 Å². The van der Waals surface area contributed by atoms with E-state index < -0.39 is 0 Å². The van der Waals surface area contributed by atoms with E-state index in [2.05, 4.69) is 51.8 Å². The fourth-order valence-electron chi connectivity index (χ4n) is 3.97. The minimum Gasteiger partial charge on any atom is -0.496 e. The van der Waals surface area contributed by atoms with E-state index in [1.54, 1.807) is 20.2 Å². The number of benzene rings is 1. The number of aryl methyl sites for hydroxylation is 2. The lowest BCUT2D eigenvalue weighted by atomic mass is 9.96. The van der Waals surface area contributed by atoms with E-state index in [9.17, 15) is 0 Å². The minimum atomic E-state index is -0.185. The van der Waals surface area contributed by atoms with Gasteiger partial charge in [0.15, 0.2) is 0 Å². The van der Waals surface area contributed by atoms with Crippen LogP contribution in [0.5, 0.6) is 5.75 Å². The molecule has 1 saturated heterocycles. The number of hydrogen-bond donors (Lipinski definition) is 0. The van der Waals surface area contributed by atoms with Crippen LogP contribution in [0, 0.1) is 27.7 Å². The number of hydrogen-bond acceptors (Lipinski definition) is 8. The standard InChI is InChI=1S/C22H27N5O3/c1-13-8-19(28-5)15(3)14(2)18(13)10-27-6-7-29-20(11-27)21-17(9-23-12-24-21)22-25-16(4)30-26-22/h8-9,12,20H,6-7,10-11H2,1-5H3/t20-/m0/s1. The van der Waals surface area contributed by atoms with Gasteiger partial charge in [0.2, 0.25) is 11.7 Å². The van der Waals surface area contributed by atoms with E-state index in [4.69, 9.17) is 14.0 Å². The lowest BCUT2D eigenvalue weighted by Gasteiger charge is -2.34. The lowest BCUT2D eigenvalue weighted by Crippen LogP contribution is -2.38. The maximum Gasteiger partial charge on any atom is 0.223 e. The van der Waals surface area contributed by atoms with Crippen LogP contribution >= 0.6 is 0 Å². The number of methoxy groups -OCH3 is 1. The molecule has 2 aromatic heterocycles. The Balaban J connectivity index is 1.58. The van der Waals surface area contributed by atoms with Crippen LogP contribution in [-0.4, -0.2) is 51.8 Å². The molecule has 8 nitrogen and oxygen atoms in total. The summed E-state index contributed by atoms with van der Waals surface area (Å²) in [6, 6.07) is 2.12. The van der Waals surface area contributed by atoms with E-state index in [0.29, 0.717) is 18.3 Å². The van der Waals surface area contributed by atoms with Gasteiger partial charge in [-0.2, -0.15) is 4.98 Å². The first-order valence-electron chi connectivity index (χ1n) is 10.1. The Hall–Kier alpha value is -2.84. The summed E-state index contributed by atoms with van der Waals surface area (Å²) < 4.78 is 16.7. The van der Waals surface area contributed by atoms with Gasteiger partial charge in [0, 0.05) is 32.8 Å². The van der Waals surface area contributed by atoms with Crippen LogP contribution in [0.3, 0.4) is 0 Å². The highest BCUT2D eigenvalue weighted by atomic mass is 16.5. The average Bonchev–Trinajstić information content (AvgIpc) is 3.20. The van der Waals surface area contributed by atoms with E-state index in [-0.39, 0.29) is 6.10 Å². The summed E-state index contributed by atoms with van der Waals surface area (Å²) in [6.45, 7) is 11.3. The monoisotopic (exact) mass is 409 g/mol. The summed E-state index contributed by atoms with van der Waals surface area (Å²) in [5, 5.41) is 4.03. The molecule has 0 unspecified atom stereocenters. The molecule has 0 radical (unpaired) electrons. The zero-order valence-electron chi connectivity index (χ0n) is 18.1. The van der Waals surface area contributed by atoms with Gasteiger partial charge in [-0.15, -0.1) is 0 Å². The second-order valence-electron chi connectivity index (χ2n) is 7.68. The number of ether oxygens (including phenoxy) is 2. The van der Waals surface area contributed by atoms with Crippen molar-refractivity contribution in [2.75, 3.05) is 26.8 Å². The summed E-state index contributed by atoms with van der Waals surface area (Å²) >= 11 is 0. The first-order chi connectivity index (χ1) is 14.5. The van der Waals surface area contributed by atoms with Crippen molar-refractivity contribution in [2.45, 2.75) is 40.3 Å². The zero-order chi connectivity index (χ0) is 21.3. The molecule has 0 spiro atoms. The molecule has 0 bridgehead atoms. The Morgan fingerprint density at radius 1 is 1.20 bits per heavy atom. The van der Waals surface area contributed by atoms with Crippen LogP contribution in [0.4, 0.5) is 0 Å². The van der Waals surface area contributed by atoms with E-state index in [1.165, 1.54) is 28.6 Å². The third-order valence-corrected chi connectivity index (χ3v) is 5.78. The molecule has 3 heterocycles. The molecular formula is C22H27N5O3. The molecule has 3 aromatic rings. The van der Waals surface area contributed by atoms with Gasteiger partial charge in [-0.05, 0) is 49.1 Å². The van der Waals surface area contributed by atoms with E-state index >= 15 is 0 Å². The van der Waals surface area contributed by atoms with Gasteiger partial charge in [-0.1, -0.05) is 5.16 Å². The predicted molar refractivity (Wildman–Crippen MR) is 111 cm³/mol. The summed E-state index contributed by atoms with van der Waals surface area (Å²) in [4.78, 5) is 15.4. The fraction of sp³-hybridized carbons (Fsp3) is 0.455. The predicted octanol–water partition coefficient (Wildman–Crippen LogP) is 3.34. The Morgan fingerprint density at radius 2 is 2.03 bits per heavy atom. The second kappa shape index (κ2) is 8.49. The van der Waals surface area contributed by atoms with Crippen molar-refractivity contribution in [1.29, 1.82) is 0 Å². The molecule has 1 atom stereocenters. The summed E-state index contributed by atoms with van der Waals surface area (Å²) in [5.74, 6) is 1.93. The highest BCUT2D eigenvalue weighted by molar-refractivity contribution is 5.56. The van der Waals surface area contributed by atoms with Gasteiger partial charge in [0.05, 0.1) is 25.0 Å². The molecule has 158 valence electrons. The molecule has 1 aliphatic rings. The molecule has 0 N–H and O–H groups in total. The number of aromatic nitrogens is 4. The summed E-state index contributed by atoms with van der Waals surface area (Å²) in [7, 11) is 1.72. The molecule has 8 heteroatoms. The normalized spacial score (nSPS) is 17.3. The van der Waals surface area contributed by atoms with Crippen molar-refractivity contribution < 1.29 is 14.0 Å². The fourth-order valence-corrected chi connectivity index (χ4v) is 3.97. The van der Waals surface area contributed by atoms with Crippen molar-refractivity contribution >= 4 is 0 Å². The summed E-state index contributed by atoms with van der Waals surface area (Å²) in [5.41, 5.74) is 6.57. The molecule has 0 amide bonds. The molecule has 1 aromatic carbocycles. The summed E-state index contributed by atoms with van der Waals surface area (Å²) in [6.07, 6.45) is 3.07. The van der Waals surface area contributed by atoms with Crippen LogP contribution in [0.1, 0.15) is 39.9 Å². The molecule has 1 aliphatic heterocycles. The van der Waals surface area contributed by atoms with E-state index in [1.807, 2.05) is 0 Å². The second-order valence-corrected chi connectivity index (χ2v) is 7.68. The largest absolute Gasteiger partial charge is 0.496 e.